The molecule has 1 N–H and O–H groups in total. The van der Waals surface area contributed by atoms with Crippen molar-refractivity contribution >= 4 is 21.6 Å². The summed E-state index contributed by atoms with van der Waals surface area (Å²) in [7, 11) is -3.66. The highest BCUT2D eigenvalue weighted by Crippen LogP contribution is 2.27. The topological polar surface area (TPSA) is 92.3 Å². The summed E-state index contributed by atoms with van der Waals surface area (Å²) in [6, 6.07) is 14.2. The zero-order chi connectivity index (χ0) is 22.7. The van der Waals surface area contributed by atoms with Crippen molar-refractivity contribution in [2.24, 2.45) is 0 Å². The third kappa shape index (κ3) is 4.56. The minimum atomic E-state index is -3.66. The smallest absolute Gasteiger partial charge is 0.256 e. The first-order valence-corrected chi connectivity index (χ1v) is 12.1. The number of piperidine rings is 1. The van der Waals surface area contributed by atoms with E-state index in [0.29, 0.717) is 29.2 Å². The monoisotopic (exact) mass is 450 g/mol. The van der Waals surface area contributed by atoms with Crippen molar-refractivity contribution in [3.05, 3.63) is 72.1 Å². The fourth-order valence-corrected chi connectivity index (χ4v) is 5.62. The largest absolute Gasteiger partial charge is 0.319 e. The molecule has 1 fully saturated rings. The van der Waals surface area contributed by atoms with Crippen molar-refractivity contribution in [2.45, 2.75) is 44.0 Å². The molecular weight excluding hydrogens is 424 g/mol. The molecule has 8 heteroatoms. The molecule has 4 rings (SSSR count). The SMILES string of the molecule is Cc1ccc(S(=O)(=O)N2CCCCC2C)cc1C(=O)Nc1cnc(-c2ccccc2)nc1. The van der Waals surface area contributed by atoms with Crippen LogP contribution in [0.3, 0.4) is 0 Å². The van der Waals surface area contributed by atoms with E-state index in [0.717, 1.165) is 24.8 Å². The quantitative estimate of drug-likeness (QED) is 0.627. The molecule has 2 heterocycles. The summed E-state index contributed by atoms with van der Waals surface area (Å²) in [6.07, 6.45) is 5.80. The van der Waals surface area contributed by atoms with Gasteiger partial charge in [-0.15, -0.1) is 0 Å². The zero-order valence-corrected chi connectivity index (χ0v) is 19.0. The molecule has 0 spiro atoms. The maximum atomic E-state index is 13.2. The lowest BCUT2D eigenvalue weighted by Crippen LogP contribution is -2.42. The fourth-order valence-electron chi connectivity index (χ4n) is 3.90. The number of anilines is 1. The van der Waals surface area contributed by atoms with E-state index in [4.69, 9.17) is 0 Å². The zero-order valence-electron chi connectivity index (χ0n) is 18.2. The van der Waals surface area contributed by atoms with E-state index in [9.17, 15) is 13.2 Å². The maximum Gasteiger partial charge on any atom is 0.256 e. The molecule has 7 nitrogen and oxygen atoms in total. The Labute approximate surface area is 188 Å². The van der Waals surface area contributed by atoms with Crippen molar-refractivity contribution in [3.63, 3.8) is 0 Å². The van der Waals surface area contributed by atoms with Crippen LogP contribution in [0.5, 0.6) is 0 Å². The molecule has 0 bridgehead atoms. The Morgan fingerprint density at radius 3 is 2.47 bits per heavy atom. The van der Waals surface area contributed by atoms with Crippen LogP contribution >= 0.6 is 0 Å². The van der Waals surface area contributed by atoms with E-state index in [-0.39, 0.29) is 10.9 Å². The summed E-state index contributed by atoms with van der Waals surface area (Å²) < 4.78 is 27.9. The molecule has 3 aromatic rings. The Hall–Kier alpha value is -3.10. The first-order valence-electron chi connectivity index (χ1n) is 10.7. The second-order valence-electron chi connectivity index (χ2n) is 8.05. The molecule has 0 saturated carbocycles. The van der Waals surface area contributed by atoms with Gasteiger partial charge in [-0.05, 0) is 44.4 Å². The fraction of sp³-hybridized carbons (Fsp3) is 0.292. The number of hydrogen-bond donors (Lipinski definition) is 1. The lowest BCUT2D eigenvalue weighted by Gasteiger charge is -2.32. The van der Waals surface area contributed by atoms with Gasteiger partial charge in [0, 0.05) is 23.7 Å². The normalized spacial score (nSPS) is 17.1. The van der Waals surface area contributed by atoms with Gasteiger partial charge in [0.25, 0.3) is 5.91 Å². The first kappa shape index (κ1) is 22.1. The molecule has 1 atom stereocenters. The summed E-state index contributed by atoms with van der Waals surface area (Å²) in [5.74, 6) is 0.158. The summed E-state index contributed by atoms with van der Waals surface area (Å²) in [6.45, 7) is 4.21. The van der Waals surface area contributed by atoms with Crippen molar-refractivity contribution in [1.82, 2.24) is 14.3 Å². The average molecular weight is 451 g/mol. The molecule has 1 aliphatic rings. The highest BCUT2D eigenvalue weighted by molar-refractivity contribution is 7.89. The van der Waals surface area contributed by atoms with Gasteiger partial charge in [0.15, 0.2) is 5.82 Å². The molecule has 1 saturated heterocycles. The Kier molecular flexibility index (Phi) is 6.34. The Bertz CT molecular complexity index is 1210. The number of aryl methyl sites for hydroxylation is 1. The predicted octanol–water partition coefficient (Wildman–Crippen LogP) is 4.27. The third-order valence-electron chi connectivity index (χ3n) is 5.74. The number of nitrogens with zero attached hydrogens (tertiary/aromatic N) is 3. The van der Waals surface area contributed by atoms with Crippen LogP contribution in [0.4, 0.5) is 5.69 Å². The molecule has 32 heavy (non-hydrogen) atoms. The number of amides is 1. The highest BCUT2D eigenvalue weighted by Gasteiger charge is 2.31. The molecule has 166 valence electrons. The van der Waals surface area contributed by atoms with Gasteiger partial charge in [0.05, 0.1) is 23.0 Å². The molecule has 1 amide bonds. The van der Waals surface area contributed by atoms with E-state index in [1.54, 1.807) is 35.8 Å². The lowest BCUT2D eigenvalue weighted by atomic mass is 10.1. The van der Waals surface area contributed by atoms with Crippen LogP contribution < -0.4 is 5.32 Å². The molecule has 1 aromatic heterocycles. The molecule has 1 aliphatic heterocycles. The van der Waals surface area contributed by atoms with Crippen LogP contribution in [0.25, 0.3) is 11.4 Å². The van der Waals surface area contributed by atoms with E-state index >= 15 is 0 Å². The summed E-state index contributed by atoms with van der Waals surface area (Å²) in [5, 5.41) is 2.77. The minimum Gasteiger partial charge on any atom is -0.319 e. The molecular formula is C24H26N4O3S. The van der Waals surface area contributed by atoms with Crippen LogP contribution in [0, 0.1) is 6.92 Å². The van der Waals surface area contributed by atoms with Crippen LogP contribution in [0.15, 0.2) is 65.8 Å². The summed E-state index contributed by atoms with van der Waals surface area (Å²) in [4.78, 5) is 21.7. The second-order valence-corrected chi connectivity index (χ2v) is 9.94. The van der Waals surface area contributed by atoms with E-state index in [1.165, 1.54) is 6.07 Å². The number of sulfonamides is 1. The Morgan fingerprint density at radius 2 is 1.78 bits per heavy atom. The van der Waals surface area contributed by atoms with Crippen molar-refractivity contribution < 1.29 is 13.2 Å². The number of rotatable bonds is 5. The summed E-state index contributed by atoms with van der Waals surface area (Å²) >= 11 is 0. The third-order valence-corrected chi connectivity index (χ3v) is 7.75. The van der Waals surface area contributed by atoms with E-state index in [2.05, 4.69) is 15.3 Å². The summed E-state index contributed by atoms with van der Waals surface area (Å²) in [5.41, 5.74) is 2.32. The molecule has 2 aromatic carbocycles. The maximum absolute atomic E-state index is 13.2. The number of benzene rings is 2. The number of aromatic nitrogens is 2. The first-order chi connectivity index (χ1) is 15.4. The predicted molar refractivity (Wildman–Crippen MR) is 124 cm³/mol. The van der Waals surface area contributed by atoms with Crippen molar-refractivity contribution in [3.8, 4) is 11.4 Å². The van der Waals surface area contributed by atoms with Gasteiger partial charge in [-0.3, -0.25) is 4.79 Å². The molecule has 0 radical (unpaired) electrons. The van der Waals surface area contributed by atoms with Crippen molar-refractivity contribution in [2.75, 3.05) is 11.9 Å². The number of carbonyl (C=O) groups excluding carboxylic acids is 1. The van der Waals surface area contributed by atoms with Crippen LogP contribution in [0.2, 0.25) is 0 Å². The number of hydrogen-bond acceptors (Lipinski definition) is 5. The van der Waals surface area contributed by atoms with E-state index < -0.39 is 15.9 Å². The minimum absolute atomic E-state index is 0.0485. The van der Waals surface area contributed by atoms with Gasteiger partial charge < -0.3 is 5.32 Å². The second kappa shape index (κ2) is 9.18. The van der Waals surface area contributed by atoms with Crippen LogP contribution in [-0.4, -0.2) is 41.2 Å². The molecule has 1 unspecified atom stereocenters. The Morgan fingerprint density at radius 1 is 1.06 bits per heavy atom. The average Bonchev–Trinajstić information content (AvgIpc) is 2.80. The van der Waals surface area contributed by atoms with Crippen LogP contribution in [-0.2, 0) is 10.0 Å². The van der Waals surface area contributed by atoms with Crippen LogP contribution in [0.1, 0.15) is 42.1 Å². The van der Waals surface area contributed by atoms with Gasteiger partial charge in [-0.25, -0.2) is 18.4 Å². The highest BCUT2D eigenvalue weighted by atomic mass is 32.2. The molecule has 0 aliphatic carbocycles. The lowest BCUT2D eigenvalue weighted by molar-refractivity contribution is 0.102. The standard InChI is InChI=1S/C24H26N4O3S/c1-17-11-12-21(32(30,31)28-13-7-6-8-18(28)2)14-22(17)24(29)27-20-15-25-23(26-16-20)19-9-4-3-5-10-19/h3-5,9-12,14-16,18H,6-8,13H2,1-2H3,(H,27,29). The van der Waals surface area contributed by atoms with E-state index in [1.807, 2.05) is 37.3 Å². The number of carbonyl (C=O) groups is 1. The Balaban J connectivity index is 1.55. The van der Waals surface area contributed by atoms with Gasteiger partial charge in [-0.2, -0.15) is 4.31 Å². The number of nitrogens with one attached hydrogen (secondary N) is 1. The van der Waals surface area contributed by atoms with Gasteiger partial charge >= 0.3 is 0 Å². The van der Waals surface area contributed by atoms with Gasteiger partial charge in [0.2, 0.25) is 10.0 Å². The van der Waals surface area contributed by atoms with Gasteiger partial charge in [-0.1, -0.05) is 42.8 Å². The van der Waals surface area contributed by atoms with Gasteiger partial charge in [0.1, 0.15) is 0 Å². The van der Waals surface area contributed by atoms with Crippen molar-refractivity contribution in [1.29, 1.82) is 0 Å².